The Bertz CT molecular complexity index is 881. The molecule has 2 N–H and O–H groups in total. The van der Waals surface area contributed by atoms with Crippen LogP contribution in [0.2, 0.25) is 0 Å². The van der Waals surface area contributed by atoms with E-state index in [9.17, 15) is 13.2 Å². The molecule has 0 radical (unpaired) electrons. The summed E-state index contributed by atoms with van der Waals surface area (Å²) in [7, 11) is -3.50. The van der Waals surface area contributed by atoms with E-state index >= 15 is 0 Å². The second-order valence-corrected chi connectivity index (χ2v) is 10.3. The number of carbonyl (C=O) groups excluding carboxylic acids is 1. The number of hydrogen-bond acceptors (Lipinski definition) is 5. The standard InChI is InChI=1S/C20H27N3O3S2/c1-16(24)21-14-19-7-8-20(27-19)28(25,26)22-13-18-10-12-23(15-18)11-9-17-5-3-2-4-6-17/h2-8,18,22H,9-15H2,1H3,(H,21,24). The lowest BCUT2D eigenvalue weighted by atomic mass is 10.1. The maximum absolute atomic E-state index is 12.5. The van der Waals surface area contributed by atoms with Gasteiger partial charge in [-0.15, -0.1) is 11.3 Å². The van der Waals surface area contributed by atoms with Gasteiger partial charge in [0.25, 0.3) is 0 Å². The molecule has 152 valence electrons. The third-order valence-electron chi connectivity index (χ3n) is 4.90. The molecule has 1 saturated heterocycles. The Labute approximate surface area is 171 Å². The second-order valence-electron chi connectivity index (χ2n) is 7.17. The smallest absolute Gasteiger partial charge is 0.250 e. The first kappa shape index (κ1) is 21.0. The van der Waals surface area contributed by atoms with Crippen LogP contribution in [0.5, 0.6) is 0 Å². The van der Waals surface area contributed by atoms with Gasteiger partial charge in [0.2, 0.25) is 15.9 Å². The van der Waals surface area contributed by atoms with Crippen molar-refractivity contribution in [2.45, 2.75) is 30.5 Å². The quantitative estimate of drug-likeness (QED) is 0.651. The fraction of sp³-hybridized carbons (Fsp3) is 0.450. The van der Waals surface area contributed by atoms with Crippen molar-refractivity contribution in [2.24, 2.45) is 5.92 Å². The highest BCUT2D eigenvalue weighted by Crippen LogP contribution is 2.22. The molecule has 1 aromatic heterocycles. The largest absolute Gasteiger partial charge is 0.351 e. The van der Waals surface area contributed by atoms with Crippen LogP contribution >= 0.6 is 11.3 Å². The summed E-state index contributed by atoms with van der Waals surface area (Å²) in [5.74, 6) is 0.207. The average Bonchev–Trinajstić information content (AvgIpc) is 3.34. The molecule has 3 rings (SSSR count). The van der Waals surface area contributed by atoms with Crippen LogP contribution in [0.25, 0.3) is 0 Å². The summed E-state index contributed by atoms with van der Waals surface area (Å²) >= 11 is 1.19. The first-order valence-corrected chi connectivity index (χ1v) is 11.8. The zero-order valence-corrected chi connectivity index (χ0v) is 17.7. The summed E-state index contributed by atoms with van der Waals surface area (Å²) in [4.78, 5) is 14.2. The minimum Gasteiger partial charge on any atom is -0.351 e. The molecular formula is C20H27N3O3S2. The Kier molecular flexibility index (Phi) is 7.23. The zero-order valence-electron chi connectivity index (χ0n) is 16.1. The minimum absolute atomic E-state index is 0.131. The second kappa shape index (κ2) is 9.65. The van der Waals surface area contributed by atoms with Crippen molar-refractivity contribution < 1.29 is 13.2 Å². The van der Waals surface area contributed by atoms with Crippen LogP contribution in [0.1, 0.15) is 23.8 Å². The highest BCUT2D eigenvalue weighted by molar-refractivity contribution is 7.91. The maximum Gasteiger partial charge on any atom is 0.250 e. The molecule has 0 bridgehead atoms. The van der Waals surface area contributed by atoms with Crippen molar-refractivity contribution in [1.29, 1.82) is 0 Å². The van der Waals surface area contributed by atoms with E-state index in [2.05, 4.69) is 39.2 Å². The van der Waals surface area contributed by atoms with Gasteiger partial charge in [-0.25, -0.2) is 13.1 Å². The molecule has 1 amide bonds. The molecule has 0 aliphatic carbocycles. The minimum atomic E-state index is -3.50. The molecule has 2 aromatic rings. The third-order valence-corrected chi connectivity index (χ3v) is 7.91. The van der Waals surface area contributed by atoms with Gasteiger partial charge in [0.05, 0.1) is 6.54 Å². The molecule has 0 spiro atoms. The molecule has 1 aromatic carbocycles. The van der Waals surface area contributed by atoms with E-state index < -0.39 is 10.0 Å². The van der Waals surface area contributed by atoms with Gasteiger partial charge in [-0.1, -0.05) is 30.3 Å². The first-order chi connectivity index (χ1) is 13.4. The predicted octanol–water partition coefficient (Wildman–Crippen LogP) is 2.23. The van der Waals surface area contributed by atoms with E-state index in [4.69, 9.17) is 0 Å². The summed E-state index contributed by atoms with van der Waals surface area (Å²) in [6, 6.07) is 13.8. The Balaban J connectivity index is 1.44. The SMILES string of the molecule is CC(=O)NCc1ccc(S(=O)(=O)NCC2CCN(CCc3ccccc3)C2)s1. The number of sulfonamides is 1. The van der Waals surface area contributed by atoms with Gasteiger partial charge in [-0.3, -0.25) is 4.79 Å². The highest BCUT2D eigenvalue weighted by Gasteiger charge is 2.25. The van der Waals surface area contributed by atoms with E-state index in [0.29, 0.717) is 23.2 Å². The maximum atomic E-state index is 12.5. The lowest BCUT2D eigenvalue weighted by Crippen LogP contribution is -2.31. The number of amides is 1. The molecule has 2 heterocycles. The Morgan fingerprint density at radius 1 is 1.21 bits per heavy atom. The van der Waals surface area contributed by atoms with Crippen molar-refractivity contribution in [1.82, 2.24) is 14.9 Å². The molecule has 6 nitrogen and oxygen atoms in total. The van der Waals surface area contributed by atoms with Crippen molar-refractivity contribution in [3.8, 4) is 0 Å². The number of benzene rings is 1. The van der Waals surface area contributed by atoms with Gasteiger partial charge in [0.15, 0.2) is 0 Å². The van der Waals surface area contributed by atoms with Crippen molar-refractivity contribution in [2.75, 3.05) is 26.2 Å². The fourth-order valence-electron chi connectivity index (χ4n) is 3.32. The van der Waals surface area contributed by atoms with Gasteiger partial charge >= 0.3 is 0 Å². The topological polar surface area (TPSA) is 78.5 Å². The Morgan fingerprint density at radius 3 is 2.75 bits per heavy atom. The molecule has 8 heteroatoms. The number of thiophene rings is 1. The fourth-order valence-corrected chi connectivity index (χ4v) is 5.78. The summed E-state index contributed by atoms with van der Waals surface area (Å²) < 4.78 is 28.1. The van der Waals surface area contributed by atoms with Gasteiger partial charge < -0.3 is 10.2 Å². The van der Waals surface area contributed by atoms with Crippen LogP contribution in [0, 0.1) is 5.92 Å². The van der Waals surface area contributed by atoms with Crippen LogP contribution in [-0.4, -0.2) is 45.4 Å². The van der Waals surface area contributed by atoms with Crippen LogP contribution in [0.4, 0.5) is 0 Å². The van der Waals surface area contributed by atoms with Crippen molar-refractivity contribution in [3.05, 3.63) is 52.9 Å². The molecule has 1 atom stereocenters. The van der Waals surface area contributed by atoms with E-state index in [1.54, 1.807) is 12.1 Å². The molecule has 1 aliphatic rings. The van der Waals surface area contributed by atoms with Gasteiger partial charge in [-0.2, -0.15) is 0 Å². The first-order valence-electron chi connectivity index (χ1n) is 9.51. The van der Waals surface area contributed by atoms with E-state index in [1.165, 1.54) is 23.8 Å². The summed E-state index contributed by atoms with van der Waals surface area (Å²) in [5, 5.41) is 2.68. The monoisotopic (exact) mass is 421 g/mol. The normalized spacial score (nSPS) is 17.7. The van der Waals surface area contributed by atoms with E-state index in [0.717, 1.165) is 37.4 Å². The number of nitrogens with one attached hydrogen (secondary N) is 2. The molecular weight excluding hydrogens is 394 g/mol. The number of likely N-dealkylation sites (tertiary alicyclic amines) is 1. The Morgan fingerprint density at radius 2 is 2.00 bits per heavy atom. The van der Waals surface area contributed by atoms with Crippen molar-refractivity contribution >= 4 is 27.3 Å². The lowest BCUT2D eigenvalue weighted by Gasteiger charge is -2.16. The molecule has 0 saturated carbocycles. The molecule has 28 heavy (non-hydrogen) atoms. The Hall–Kier alpha value is -1.74. The molecule has 1 fully saturated rings. The predicted molar refractivity (Wildman–Crippen MR) is 112 cm³/mol. The van der Waals surface area contributed by atoms with Gasteiger partial charge in [-0.05, 0) is 43.0 Å². The summed E-state index contributed by atoms with van der Waals surface area (Å²) in [6.45, 7) is 5.20. The van der Waals surface area contributed by atoms with Crippen LogP contribution in [0.15, 0.2) is 46.7 Å². The van der Waals surface area contributed by atoms with E-state index in [1.807, 2.05) is 6.07 Å². The van der Waals surface area contributed by atoms with E-state index in [-0.39, 0.29) is 5.91 Å². The van der Waals surface area contributed by atoms with Crippen LogP contribution < -0.4 is 10.0 Å². The van der Waals surface area contributed by atoms with Gasteiger partial charge in [0, 0.05) is 31.4 Å². The lowest BCUT2D eigenvalue weighted by molar-refractivity contribution is -0.119. The molecule has 1 aliphatic heterocycles. The highest BCUT2D eigenvalue weighted by atomic mass is 32.2. The number of rotatable bonds is 9. The van der Waals surface area contributed by atoms with Crippen molar-refractivity contribution in [3.63, 3.8) is 0 Å². The van der Waals surface area contributed by atoms with Crippen LogP contribution in [0.3, 0.4) is 0 Å². The summed E-state index contributed by atoms with van der Waals surface area (Å²) in [5.41, 5.74) is 1.33. The van der Waals surface area contributed by atoms with Crippen LogP contribution in [-0.2, 0) is 27.8 Å². The number of carbonyl (C=O) groups is 1. The molecule has 1 unspecified atom stereocenters. The number of nitrogens with zero attached hydrogens (tertiary/aromatic N) is 1. The van der Waals surface area contributed by atoms with Gasteiger partial charge in [0.1, 0.15) is 4.21 Å². The third kappa shape index (κ3) is 6.13. The summed E-state index contributed by atoms with van der Waals surface area (Å²) in [6.07, 6.45) is 2.03. The average molecular weight is 422 g/mol. The number of hydrogen-bond donors (Lipinski definition) is 2. The zero-order chi connectivity index (χ0) is 20.0.